The fourth-order valence-corrected chi connectivity index (χ4v) is 5.27. The number of hydrogen-bond donors (Lipinski definition) is 1. The number of halogens is 1. The lowest BCUT2D eigenvalue weighted by atomic mass is 9.90. The molecule has 1 aliphatic heterocycles. The molecule has 6 heteroatoms. The molecule has 1 saturated heterocycles. The van der Waals surface area contributed by atoms with Gasteiger partial charge in [0, 0.05) is 35.2 Å². The Hall–Kier alpha value is -1.82. The topological polar surface area (TPSA) is 53.2 Å². The van der Waals surface area contributed by atoms with Gasteiger partial charge < -0.3 is 4.98 Å². The molecule has 0 spiro atoms. The summed E-state index contributed by atoms with van der Waals surface area (Å²) < 4.78 is 27.1. The fraction of sp³-hybridized carbons (Fsp3) is 0.263. The first-order chi connectivity index (χ1) is 12.1. The zero-order valence-corrected chi connectivity index (χ0v) is 15.2. The lowest BCUT2D eigenvalue weighted by molar-refractivity contribution is 0.320. The third-order valence-electron chi connectivity index (χ3n) is 4.95. The van der Waals surface area contributed by atoms with E-state index in [0.717, 1.165) is 18.4 Å². The molecule has 0 bridgehead atoms. The highest BCUT2D eigenvalue weighted by Gasteiger charge is 2.30. The predicted molar refractivity (Wildman–Crippen MR) is 100 cm³/mol. The van der Waals surface area contributed by atoms with Gasteiger partial charge in [-0.2, -0.15) is 4.31 Å². The molecule has 0 atom stereocenters. The van der Waals surface area contributed by atoms with Crippen molar-refractivity contribution in [2.24, 2.45) is 0 Å². The summed E-state index contributed by atoms with van der Waals surface area (Å²) >= 11 is 6.05. The van der Waals surface area contributed by atoms with Gasteiger partial charge in [-0.1, -0.05) is 35.9 Å². The first kappa shape index (κ1) is 16.6. The minimum atomic E-state index is -3.39. The molecule has 4 rings (SSSR count). The average Bonchev–Trinajstić information content (AvgIpc) is 3.05. The second kappa shape index (κ2) is 6.48. The van der Waals surface area contributed by atoms with Crippen LogP contribution in [0.1, 0.15) is 24.3 Å². The first-order valence-electron chi connectivity index (χ1n) is 8.37. The summed E-state index contributed by atoms with van der Waals surface area (Å²) in [5.41, 5.74) is 2.28. The largest absolute Gasteiger partial charge is 0.361 e. The summed E-state index contributed by atoms with van der Waals surface area (Å²) in [4.78, 5) is 3.65. The number of nitrogens with one attached hydrogen (secondary N) is 1. The van der Waals surface area contributed by atoms with Crippen molar-refractivity contribution in [3.63, 3.8) is 0 Å². The Kier molecular flexibility index (Phi) is 4.31. The smallest absolute Gasteiger partial charge is 0.243 e. The van der Waals surface area contributed by atoms with E-state index in [9.17, 15) is 8.42 Å². The maximum Gasteiger partial charge on any atom is 0.243 e. The molecule has 2 aromatic carbocycles. The van der Waals surface area contributed by atoms with Crippen molar-refractivity contribution in [1.29, 1.82) is 0 Å². The zero-order chi connectivity index (χ0) is 17.4. The predicted octanol–water partition coefficient (Wildman–Crippen LogP) is 4.39. The van der Waals surface area contributed by atoms with E-state index in [1.807, 2.05) is 30.5 Å². The van der Waals surface area contributed by atoms with E-state index in [4.69, 9.17) is 11.6 Å². The van der Waals surface area contributed by atoms with Crippen molar-refractivity contribution in [1.82, 2.24) is 9.29 Å². The van der Waals surface area contributed by atoms with Gasteiger partial charge in [-0.3, -0.25) is 0 Å². The molecule has 4 nitrogen and oxygen atoms in total. The number of rotatable bonds is 3. The molecule has 0 saturated carbocycles. The van der Waals surface area contributed by atoms with Gasteiger partial charge in [0.1, 0.15) is 0 Å². The number of benzene rings is 2. The van der Waals surface area contributed by atoms with Crippen molar-refractivity contribution in [2.75, 3.05) is 13.1 Å². The van der Waals surface area contributed by atoms with Crippen LogP contribution in [0.3, 0.4) is 0 Å². The summed E-state index contributed by atoms with van der Waals surface area (Å²) in [5.74, 6) is 0.358. The van der Waals surface area contributed by atoms with E-state index in [0.29, 0.717) is 28.9 Å². The van der Waals surface area contributed by atoms with Crippen LogP contribution in [-0.2, 0) is 10.0 Å². The molecule has 1 aromatic heterocycles. The molecule has 25 heavy (non-hydrogen) atoms. The van der Waals surface area contributed by atoms with Crippen LogP contribution < -0.4 is 0 Å². The van der Waals surface area contributed by atoms with Crippen LogP contribution in [0.4, 0.5) is 0 Å². The molecule has 0 aliphatic carbocycles. The van der Waals surface area contributed by atoms with Gasteiger partial charge in [0.15, 0.2) is 0 Å². The second-order valence-corrected chi connectivity index (χ2v) is 8.80. The van der Waals surface area contributed by atoms with Gasteiger partial charge in [0.25, 0.3) is 0 Å². The maximum atomic E-state index is 12.7. The maximum absolute atomic E-state index is 12.7. The van der Waals surface area contributed by atoms with E-state index in [2.05, 4.69) is 4.98 Å². The highest BCUT2D eigenvalue weighted by molar-refractivity contribution is 7.89. The van der Waals surface area contributed by atoms with Gasteiger partial charge in [0.2, 0.25) is 10.0 Å². The van der Waals surface area contributed by atoms with Crippen LogP contribution in [-0.4, -0.2) is 30.8 Å². The Bertz CT molecular complexity index is 991. The Morgan fingerprint density at radius 3 is 2.48 bits per heavy atom. The molecular formula is C19H19ClN2O2S. The molecule has 1 aliphatic rings. The quantitative estimate of drug-likeness (QED) is 0.739. The Morgan fingerprint density at radius 2 is 1.76 bits per heavy atom. The van der Waals surface area contributed by atoms with Gasteiger partial charge in [-0.15, -0.1) is 0 Å². The highest BCUT2D eigenvalue weighted by Crippen LogP contribution is 2.35. The van der Waals surface area contributed by atoms with Crippen LogP contribution in [0.5, 0.6) is 0 Å². The Labute approximate surface area is 152 Å². The Balaban J connectivity index is 1.53. The molecular weight excluding hydrogens is 356 g/mol. The van der Waals surface area contributed by atoms with Crippen LogP contribution in [0.25, 0.3) is 10.9 Å². The number of H-pyrrole nitrogens is 1. The SMILES string of the molecule is O=S(=O)(c1ccccc1)N1CCC(c2c[nH]c3cc(Cl)ccc23)CC1. The highest BCUT2D eigenvalue weighted by atomic mass is 35.5. The third-order valence-corrected chi connectivity index (χ3v) is 7.10. The average molecular weight is 375 g/mol. The molecule has 0 amide bonds. The molecule has 1 N–H and O–H groups in total. The Morgan fingerprint density at radius 1 is 1.04 bits per heavy atom. The molecule has 130 valence electrons. The first-order valence-corrected chi connectivity index (χ1v) is 10.2. The summed E-state index contributed by atoms with van der Waals surface area (Å²) in [6.45, 7) is 1.09. The fourth-order valence-electron chi connectivity index (χ4n) is 3.61. The number of hydrogen-bond acceptors (Lipinski definition) is 2. The summed E-state index contributed by atoms with van der Waals surface area (Å²) in [6, 6.07) is 14.5. The normalized spacial score (nSPS) is 17.2. The lowest BCUT2D eigenvalue weighted by Gasteiger charge is -2.31. The number of fused-ring (bicyclic) bond motifs is 1. The van der Waals surface area contributed by atoms with Crippen LogP contribution in [0.2, 0.25) is 5.02 Å². The van der Waals surface area contributed by atoms with E-state index in [1.165, 1.54) is 10.9 Å². The summed E-state index contributed by atoms with van der Waals surface area (Å²) in [7, 11) is -3.39. The molecule has 0 radical (unpaired) electrons. The van der Waals surface area contributed by atoms with Crippen molar-refractivity contribution in [3.8, 4) is 0 Å². The van der Waals surface area contributed by atoms with Crippen molar-refractivity contribution >= 4 is 32.5 Å². The van der Waals surface area contributed by atoms with E-state index < -0.39 is 10.0 Å². The number of aromatic nitrogens is 1. The van der Waals surface area contributed by atoms with Crippen molar-refractivity contribution < 1.29 is 8.42 Å². The van der Waals surface area contributed by atoms with Crippen molar-refractivity contribution in [3.05, 3.63) is 65.3 Å². The lowest BCUT2D eigenvalue weighted by Crippen LogP contribution is -2.37. The van der Waals surface area contributed by atoms with Gasteiger partial charge in [-0.05, 0) is 48.6 Å². The minimum Gasteiger partial charge on any atom is -0.361 e. The number of piperidine rings is 1. The van der Waals surface area contributed by atoms with Gasteiger partial charge in [0.05, 0.1) is 4.90 Å². The van der Waals surface area contributed by atoms with Crippen LogP contribution in [0.15, 0.2) is 59.6 Å². The second-order valence-electron chi connectivity index (χ2n) is 6.43. The van der Waals surface area contributed by atoms with Crippen molar-refractivity contribution in [2.45, 2.75) is 23.7 Å². The molecule has 0 unspecified atom stereocenters. The summed E-state index contributed by atoms with van der Waals surface area (Å²) in [5, 5.41) is 1.89. The third kappa shape index (κ3) is 3.08. The standard InChI is InChI=1S/C19H19ClN2O2S/c20-15-6-7-17-18(13-21-19(17)12-15)14-8-10-22(11-9-14)25(23,24)16-4-2-1-3-5-16/h1-7,12-14,21H,8-11H2. The number of aromatic amines is 1. The monoisotopic (exact) mass is 374 g/mol. The van der Waals surface area contributed by atoms with E-state index >= 15 is 0 Å². The van der Waals surface area contributed by atoms with Crippen LogP contribution in [0, 0.1) is 0 Å². The van der Waals surface area contributed by atoms with E-state index in [1.54, 1.807) is 28.6 Å². The van der Waals surface area contributed by atoms with E-state index in [-0.39, 0.29) is 0 Å². The number of sulfonamides is 1. The minimum absolute atomic E-state index is 0.358. The van der Waals surface area contributed by atoms with Gasteiger partial charge >= 0.3 is 0 Å². The summed E-state index contributed by atoms with van der Waals surface area (Å²) in [6.07, 6.45) is 3.68. The number of nitrogens with zero attached hydrogens (tertiary/aromatic N) is 1. The molecule has 2 heterocycles. The van der Waals surface area contributed by atoms with Crippen LogP contribution >= 0.6 is 11.6 Å². The van der Waals surface area contributed by atoms with Gasteiger partial charge in [-0.25, -0.2) is 8.42 Å². The zero-order valence-electron chi connectivity index (χ0n) is 13.7. The molecule has 3 aromatic rings. The molecule has 1 fully saturated rings.